The van der Waals surface area contributed by atoms with Crippen molar-refractivity contribution in [2.75, 3.05) is 6.54 Å². The molecule has 0 saturated carbocycles. The van der Waals surface area contributed by atoms with Crippen LogP contribution in [0.4, 0.5) is 0 Å². The van der Waals surface area contributed by atoms with E-state index in [1.54, 1.807) is 0 Å². The van der Waals surface area contributed by atoms with Crippen molar-refractivity contribution in [3.8, 4) is 0 Å². The maximum absolute atomic E-state index is 10.1. The predicted octanol–water partition coefficient (Wildman–Crippen LogP) is -0.179. The summed E-state index contributed by atoms with van der Waals surface area (Å²) in [7, 11) is 0. The molecule has 0 aliphatic carbocycles. The van der Waals surface area contributed by atoms with Gasteiger partial charge in [-0.1, -0.05) is 0 Å². The SMILES string of the molecule is O=C(O)C1CCCN1.[Pd]. The van der Waals surface area contributed by atoms with Crippen LogP contribution in [0.25, 0.3) is 0 Å². The van der Waals surface area contributed by atoms with Gasteiger partial charge in [0.05, 0.1) is 0 Å². The van der Waals surface area contributed by atoms with Crippen molar-refractivity contribution >= 4 is 5.97 Å². The number of aliphatic carboxylic acids is 1. The van der Waals surface area contributed by atoms with Crippen LogP contribution in [0.15, 0.2) is 0 Å². The van der Waals surface area contributed by atoms with Crippen LogP contribution in [-0.2, 0) is 25.2 Å². The van der Waals surface area contributed by atoms with Crippen molar-refractivity contribution in [3.63, 3.8) is 0 Å². The van der Waals surface area contributed by atoms with Gasteiger partial charge in [-0.2, -0.15) is 0 Å². The third-order valence-corrected chi connectivity index (χ3v) is 1.36. The minimum Gasteiger partial charge on any atom is -0.480 e. The van der Waals surface area contributed by atoms with Crippen molar-refractivity contribution in [1.82, 2.24) is 5.32 Å². The van der Waals surface area contributed by atoms with Crippen LogP contribution in [-0.4, -0.2) is 23.7 Å². The average molecular weight is 222 g/mol. The molecule has 1 unspecified atom stereocenters. The zero-order chi connectivity index (χ0) is 5.98. The summed E-state index contributed by atoms with van der Waals surface area (Å²) >= 11 is 0. The van der Waals surface area contributed by atoms with Crippen LogP contribution >= 0.6 is 0 Å². The second-order valence-corrected chi connectivity index (χ2v) is 1.99. The van der Waals surface area contributed by atoms with E-state index in [0.717, 1.165) is 19.4 Å². The van der Waals surface area contributed by atoms with E-state index >= 15 is 0 Å². The molecule has 0 amide bonds. The maximum atomic E-state index is 10.1. The summed E-state index contributed by atoms with van der Waals surface area (Å²) in [6.45, 7) is 0.858. The van der Waals surface area contributed by atoms with Gasteiger partial charge < -0.3 is 10.4 Å². The summed E-state index contributed by atoms with van der Waals surface area (Å²) in [5.41, 5.74) is 0. The Morgan fingerprint density at radius 3 is 2.56 bits per heavy atom. The molecule has 4 heteroatoms. The summed E-state index contributed by atoms with van der Waals surface area (Å²) in [4.78, 5) is 10.1. The van der Waals surface area contributed by atoms with E-state index < -0.39 is 5.97 Å². The third-order valence-electron chi connectivity index (χ3n) is 1.36. The molecule has 1 fully saturated rings. The van der Waals surface area contributed by atoms with E-state index in [2.05, 4.69) is 5.32 Å². The van der Waals surface area contributed by atoms with Gasteiger partial charge in [-0.15, -0.1) is 0 Å². The first kappa shape index (κ1) is 9.09. The Bertz CT molecular complexity index is 101. The molecule has 0 aromatic rings. The first-order valence-corrected chi connectivity index (χ1v) is 2.77. The van der Waals surface area contributed by atoms with Gasteiger partial charge in [-0.05, 0) is 19.4 Å². The monoisotopic (exact) mass is 221 g/mol. The van der Waals surface area contributed by atoms with Crippen molar-refractivity contribution < 1.29 is 30.3 Å². The molecule has 56 valence electrons. The van der Waals surface area contributed by atoms with E-state index in [-0.39, 0.29) is 26.5 Å². The van der Waals surface area contributed by atoms with Crippen LogP contribution < -0.4 is 5.32 Å². The Morgan fingerprint density at radius 2 is 2.33 bits per heavy atom. The fourth-order valence-electron chi connectivity index (χ4n) is 0.895. The quantitative estimate of drug-likeness (QED) is 0.604. The minimum atomic E-state index is -0.720. The van der Waals surface area contributed by atoms with Crippen molar-refractivity contribution in [2.45, 2.75) is 18.9 Å². The molecule has 0 bridgehead atoms. The van der Waals surface area contributed by atoms with Crippen molar-refractivity contribution in [2.24, 2.45) is 0 Å². The van der Waals surface area contributed by atoms with Gasteiger partial charge in [0, 0.05) is 20.4 Å². The molecule has 1 atom stereocenters. The smallest absolute Gasteiger partial charge is 0.320 e. The summed E-state index contributed by atoms with van der Waals surface area (Å²) in [6, 6.07) is -0.269. The number of hydrogen-bond donors (Lipinski definition) is 2. The Hall–Kier alpha value is 0.0923. The molecular formula is C5H9NO2Pd. The molecule has 0 aromatic carbocycles. The fourth-order valence-corrected chi connectivity index (χ4v) is 0.895. The molecule has 2 N–H and O–H groups in total. The van der Waals surface area contributed by atoms with Crippen molar-refractivity contribution in [1.29, 1.82) is 0 Å². The van der Waals surface area contributed by atoms with Crippen LogP contribution in [0.3, 0.4) is 0 Å². The Balaban J connectivity index is 0.000000640. The third kappa shape index (κ3) is 2.44. The number of carboxylic acid groups (broad SMARTS) is 1. The maximum Gasteiger partial charge on any atom is 0.320 e. The first-order chi connectivity index (χ1) is 3.80. The number of carbonyl (C=O) groups is 1. The molecule has 1 aliphatic rings. The van der Waals surface area contributed by atoms with Crippen LogP contribution in [0.2, 0.25) is 0 Å². The largest absolute Gasteiger partial charge is 0.480 e. The Kier molecular flexibility index (Phi) is 4.04. The fraction of sp³-hybridized carbons (Fsp3) is 0.800. The van der Waals surface area contributed by atoms with Crippen LogP contribution in [0, 0.1) is 0 Å². The van der Waals surface area contributed by atoms with E-state index in [1.807, 2.05) is 0 Å². The molecular weight excluding hydrogens is 212 g/mol. The van der Waals surface area contributed by atoms with Gasteiger partial charge in [-0.3, -0.25) is 4.79 Å². The number of rotatable bonds is 1. The topological polar surface area (TPSA) is 49.3 Å². The molecule has 3 nitrogen and oxygen atoms in total. The molecule has 0 aromatic heterocycles. The summed E-state index contributed by atoms with van der Waals surface area (Å²) in [5.74, 6) is -0.720. The van der Waals surface area contributed by atoms with E-state index in [0.29, 0.717) is 0 Å². The normalized spacial score (nSPS) is 25.1. The van der Waals surface area contributed by atoms with Gasteiger partial charge in [0.25, 0.3) is 0 Å². The van der Waals surface area contributed by atoms with E-state index in [4.69, 9.17) is 5.11 Å². The Morgan fingerprint density at radius 1 is 1.67 bits per heavy atom. The molecule has 1 heterocycles. The molecule has 9 heavy (non-hydrogen) atoms. The second-order valence-electron chi connectivity index (χ2n) is 1.99. The summed E-state index contributed by atoms with van der Waals surface area (Å²) in [5, 5.41) is 11.2. The van der Waals surface area contributed by atoms with Gasteiger partial charge in [0.15, 0.2) is 0 Å². The van der Waals surface area contributed by atoms with E-state index in [1.165, 1.54) is 0 Å². The zero-order valence-corrected chi connectivity index (χ0v) is 6.42. The molecule has 1 rings (SSSR count). The molecule has 1 saturated heterocycles. The molecule has 1 aliphatic heterocycles. The first-order valence-electron chi connectivity index (χ1n) is 2.77. The number of hydrogen-bond acceptors (Lipinski definition) is 2. The van der Waals surface area contributed by atoms with Gasteiger partial charge in [0.1, 0.15) is 6.04 Å². The van der Waals surface area contributed by atoms with Crippen molar-refractivity contribution in [3.05, 3.63) is 0 Å². The number of carboxylic acids is 1. The Labute approximate surface area is 67.5 Å². The van der Waals surface area contributed by atoms with E-state index in [9.17, 15) is 4.79 Å². The standard InChI is InChI=1S/C5H9NO2.Pd/c7-5(8)4-2-1-3-6-4;/h4,6H,1-3H2,(H,7,8);. The minimum absolute atomic E-state index is 0. The second kappa shape index (κ2) is 4.00. The molecule has 0 spiro atoms. The summed E-state index contributed by atoms with van der Waals surface area (Å²) < 4.78 is 0. The van der Waals surface area contributed by atoms with Gasteiger partial charge >= 0.3 is 5.97 Å². The zero-order valence-electron chi connectivity index (χ0n) is 4.87. The van der Waals surface area contributed by atoms with Crippen LogP contribution in [0.1, 0.15) is 12.8 Å². The summed E-state index contributed by atoms with van der Waals surface area (Å²) in [6.07, 6.45) is 1.78. The van der Waals surface area contributed by atoms with Gasteiger partial charge in [-0.25, -0.2) is 0 Å². The number of nitrogens with one attached hydrogen (secondary N) is 1. The average Bonchev–Trinajstić information content (AvgIpc) is 2.12. The predicted molar refractivity (Wildman–Crippen MR) is 28.7 cm³/mol. The van der Waals surface area contributed by atoms with Gasteiger partial charge in [0.2, 0.25) is 0 Å². The van der Waals surface area contributed by atoms with Crippen LogP contribution in [0.5, 0.6) is 0 Å². The molecule has 0 radical (unpaired) electrons.